The zero-order chi connectivity index (χ0) is 22.7. The maximum atomic E-state index is 14.3. The van der Waals surface area contributed by atoms with Crippen molar-refractivity contribution in [2.45, 2.75) is 25.3 Å². The van der Waals surface area contributed by atoms with E-state index in [4.69, 9.17) is 0 Å². The molecule has 0 spiro atoms. The van der Waals surface area contributed by atoms with Crippen LogP contribution in [0.4, 0.5) is 8.78 Å². The highest BCUT2D eigenvalue weighted by atomic mass is 19.3. The summed E-state index contributed by atoms with van der Waals surface area (Å²) in [6.07, 6.45) is 8.99. The number of halogens is 2. The zero-order valence-corrected chi connectivity index (χ0v) is 18.0. The normalized spacial score (nSPS) is 18.4. The molecular formula is C23H25F2N7. The second kappa shape index (κ2) is 8.96. The van der Waals surface area contributed by atoms with Crippen molar-refractivity contribution in [1.82, 2.24) is 30.1 Å². The molecule has 3 heterocycles. The monoisotopic (exact) mass is 437 g/mol. The maximum absolute atomic E-state index is 14.3. The summed E-state index contributed by atoms with van der Waals surface area (Å²) in [5, 5.41) is 12.0. The predicted molar refractivity (Wildman–Crippen MR) is 121 cm³/mol. The van der Waals surface area contributed by atoms with E-state index >= 15 is 0 Å². The van der Waals surface area contributed by atoms with Gasteiger partial charge in [0, 0.05) is 55.2 Å². The lowest BCUT2D eigenvalue weighted by Gasteiger charge is -2.36. The highest BCUT2D eigenvalue weighted by molar-refractivity contribution is 5.70. The summed E-state index contributed by atoms with van der Waals surface area (Å²) < 4.78 is 30.4. The molecule has 9 heteroatoms. The number of nitrogens with one attached hydrogen (secondary N) is 1. The zero-order valence-electron chi connectivity index (χ0n) is 18.0. The van der Waals surface area contributed by atoms with E-state index in [9.17, 15) is 8.78 Å². The Labute approximate surface area is 185 Å². The van der Waals surface area contributed by atoms with Crippen molar-refractivity contribution in [3.8, 4) is 22.5 Å². The van der Waals surface area contributed by atoms with Crippen molar-refractivity contribution in [3.63, 3.8) is 0 Å². The van der Waals surface area contributed by atoms with Crippen LogP contribution in [0.5, 0.6) is 0 Å². The van der Waals surface area contributed by atoms with Gasteiger partial charge in [0.2, 0.25) is 0 Å². The summed E-state index contributed by atoms with van der Waals surface area (Å²) in [6.45, 7) is 5.44. The Morgan fingerprint density at radius 1 is 1.25 bits per heavy atom. The SMILES string of the molecule is C=NN(C=C(C)c1cnc(-c2cccc(-c3cnn(C)c3)c2)nc1)C1CCNCC1(F)F. The first-order valence-electron chi connectivity index (χ1n) is 10.3. The molecule has 1 fully saturated rings. The second-order valence-electron chi connectivity index (χ2n) is 7.85. The van der Waals surface area contributed by atoms with E-state index in [0.29, 0.717) is 12.4 Å². The van der Waals surface area contributed by atoms with Crippen molar-refractivity contribution in [1.29, 1.82) is 0 Å². The Morgan fingerprint density at radius 2 is 2.00 bits per heavy atom. The first-order chi connectivity index (χ1) is 15.4. The summed E-state index contributed by atoms with van der Waals surface area (Å²) in [7, 11) is 1.88. The molecule has 166 valence electrons. The molecule has 0 radical (unpaired) electrons. The van der Waals surface area contributed by atoms with Gasteiger partial charge in [-0.15, -0.1) is 0 Å². The van der Waals surface area contributed by atoms with Gasteiger partial charge in [-0.1, -0.05) is 18.2 Å². The van der Waals surface area contributed by atoms with Crippen LogP contribution in [0.2, 0.25) is 0 Å². The average molecular weight is 437 g/mol. The molecule has 1 saturated heterocycles. The van der Waals surface area contributed by atoms with Crippen LogP contribution in [0.3, 0.4) is 0 Å². The van der Waals surface area contributed by atoms with Gasteiger partial charge in [0.05, 0.1) is 12.7 Å². The largest absolute Gasteiger partial charge is 0.311 e. The van der Waals surface area contributed by atoms with Gasteiger partial charge in [0.25, 0.3) is 5.92 Å². The molecule has 1 N–H and O–H groups in total. The third kappa shape index (κ3) is 4.57. The third-order valence-electron chi connectivity index (χ3n) is 5.52. The lowest BCUT2D eigenvalue weighted by Crippen LogP contribution is -2.54. The molecule has 2 aromatic heterocycles. The number of allylic oxidation sites excluding steroid dienone is 1. The Bertz CT molecular complexity index is 1120. The van der Waals surface area contributed by atoms with E-state index in [1.54, 1.807) is 23.3 Å². The van der Waals surface area contributed by atoms with Crippen LogP contribution in [0, 0.1) is 0 Å². The molecule has 1 atom stereocenters. The predicted octanol–water partition coefficient (Wildman–Crippen LogP) is 3.82. The molecule has 1 aromatic carbocycles. The lowest BCUT2D eigenvalue weighted by atomic mass is 10.0. The van der Waals surface area contributed by atoms with Gasteiger partial charge in [-0.05, 0) is 37.1 Å². The van der Waals surface area contributed by atoms with Crippen molar-refractivity contribution >= 4 is 12.3 Å². The Morgan fingerprint density at radius 3 is 2.66 bits per heavy atom. The fraction of sp³-hybridized carbons (Fsp3) is 0.304. The van der Waals surface area contributed by atoms with Gasteiger partial charge in [-0.3, -0.25) is 9.69 Å². The summed E-state index contributed by atoms with van der Waals surface area (Å²) in [5.74, 6) is -2.31. The molecule has 0 amide bonds. The number of nitrogens with zero attached hydrogens (tertiary/aromatic N) is 6. The molecule has 0 bridgehead atoms. The maximum Gasteiger partial charge on any atom is 0.282 e. The van der Waals surface area contributed by atoms with Crippen molar-refractivity contribution in [2.24, 2.45) is 12.1 Å². The van der Waals surface area contributed by atoms with Gasteiger partial charge in [0.1, 0.15) is 6.04 Å². The number of alkyl halides is 2. The van der Waals surface area contributed by atoms with E-state index in [2.05, 4.69) is 32.2 Å². The van der Waals surface area contributed by atoms with Crippen LogP contribution in [0.25, 0.3) is 28.1 Å². The number of benzene rings is 1. The molecule has 0 aliphatic carbocycles. The van der Waals surface area contributed by atoms with E-state index in [1.807, 2.05) is 50.6 Å². The van der Waals surface area contributed by atoms with Crippen LogP contribution < -0.4 is 5.32 Å². The molecule has 32 heavy (non-hydrogen) atoms. The highest BCUT2D eigenvalue weighted by Gasteiger charge is 2.44. The Kier molecular flexibility index (Phi) is 6.09. The topological polar surface area (TPSA) is 71.2 Å². The fourth-order valence-corrected chi connectivity index (χ4v) is 3.74. The first-order valence-corrected chi connectivity index (χ1v) is 10.3. The first kappa shape index (κ1) is 21.8. The van der Waals surface area contributed by atoms with Crippen LogP contribution >= 0.6 is 0 Å². The quantitative estimate of drug-likeness (QED) is 0.469. The number of aromatic nitrogens is 4. The number of hydrogen-bond acceptors (Lipinski definition) is 6. The molecule has 1 aliphatic rings. The number of hydrazone groups is 1. The number of hydrogen-bond donors (Lipinski definition) is 1. The minimum Gasteiger partial charge on any atom is -0.311 e. The van der Waals surface area contributed by atoms with Gasteiger partial charge in [0.15, 0.2) is 5.82 Å². The van der Waals surface area contributed by atoms with Gasteiger partial charge in [-0.2, -0.15) is 10.2 Å². The van der Waals surface area contributed by atoms with E-state index in [0.717, 1.165) is 27.8 Å². The van der Waals surface area contributed by atoms with E-state index in [1.165, 1.54) is 5.01 Å². The van der Waals surface area contributed by atoms with Crippen LogP contribution in [-0.4, -0.2) is 56.5 Å². The summed E-state index contributed by atoms with van der Waals surface area (Å²) in [4.78, 5) is 8.98. The average Bonchev–Trinajstić information content (AvgIpc) is 3.24. The molecule has 7 nitrogen and oxygen atoms in total. The smallest absolute Gasteiger partial charge is 0.282 e. The van der Waals surface area contributed by atoms with E-state index < -0.39 is 12.0 Å². The molecule has 1 aliphatic heterocycles. The lowest BCUT2D eigenvalue weighted by molar-refractivity contribution is -0.0828. The van der Waals surface area contributed by atoms with Crippen molar-refractivity contribution in [3.05, 3.63) is 60.8 Å². The van der Waals surface area contributed by atoms with E-state index in [-0.39, 0.29) is 13.0 Å². The van der Waals surface area contributed by atoms with Gasteiger partial charge >= 0.3 is 0 Å². The number of rotatable bonds is 6. The molecule has 4 rings (SSSR count). The minimum absolute atomic E-state index is 0.276. The Balaban J connectivity index is 1.55. The minimum atomic E-state index is -2.89. The van der Waals surface area contributed by atoms with Crippen molar-refractivity contribution in [2.75, 3.05) is 13.1 Å². The fourth-order valence-electron chi connectivity index (χ4n) is 3.74. The van der Waals surface area contributed by atoms with Crippen LogP contribution in [0.1, 0.15) is 18.9 Å². The number of piperidine rings is 1. The third-order valence-corrected chi connectivity index (χ3v) is 5.52. The van der Waals surface area contributed by atoms with Crippen molar-refractivity contribution < 1.29 is 8.78 Å². The van der Waals surface area contributed by atoms with Crippen LogP contribution in [-0.2, 0) is 7.05 Å². The number of aryl methyl sites for hydroxylation is 1. The molecule has 0 saturated carbocycles. The van der Waals surface area contributed by atoms with Crippen LogP contribution in [0.15, 0.2) is 60.4 Å². The highest BCUT2D eigenvalue weighted by Crippen LogP contribution is 2.30. The van der Waals surface area contributed by atoms with Gasteiger partial charge in [-0.25, -0.2) is 18.7 Å². The molecular weight excluding hydrogens is 412 g/mol. The summed E-state index contributed by atoms with van der Waals surface area (Å²) >= 11 is 0. The summed E-state index contributed by atoms with van der Waals surface area (Å²) in [6, 6.07) is 6.88. The van der Waals surface area contributed by atoms with Gasteiger partial charge < -0.3 is 5.32 Å². The Hall–Kier alpha value is -3.46. The second-order valence-corrected chi connectivity index (χ2v) is 7.85. The molecule has 3 aromatic rings. The standard InChI is InChI=1S/C23H25F2N7/c1-16(13-32(26-2)21-7-8-27-15-23(21,24)25)19-10-28-22(29-11-19)18-6-4-5-17(9-18)20-12-30-31(3)14-20/h4-6,9-14,21,27H,2,7-8,15H2,1,3H3. The molecule has 1 unspecified atom stereocenters. The summed E-state index contributed by atoms with van der Waals surface area (Å²) in [5.41, 5.74) is 4.36.